The molecule has 0 aromatic heterocycles. The first kappa shape index (κ1) is 20.0. The Balaban J connectivity index is 1.56. The zero-order valence-electron chi connectivity index (χ0n) is 16.4. The normalized spacial score (nSPS) is 18.2. The number of nitrogens with zero attached hydrogens (tertiary/aromatic N) is 2. The summed E-state index contributed by atoms with van der Waals surface area (Å²) in [6, 6.07) is 5.86. The smallest absolute Gasteiger partial charge is 0.262 e. The summed E-state index contributed by atoms with van der Waals surface area (Å²) in [4.78, 5) is 52.7. The molecule has 7 heteroatoms. The number of nitrogens with one attached hydrogen (secondary N) is 1. The van der Waals surface area contributed by atoms with E-state index in [9.17, 15) is 19.2 Å². The molecule has 1 aromatic carbocycles. The second-order valence-electron chi connectivity index (χ2n) is 7.47. The van der Waals surface area contributed by atoms with Crippen molar-refractivity contribution in [3.63, 3.8) is 0 Å². The number of unbranched alkanes of at least 4 members (excludes halogenated alkanes) is 1. The molecule has 1 fully saturated rings. The summed E-state index contributed by atoms with van der Waals surface area (Å²) in [7, 11) is 0. The lowest BCUT2D eigenvalue weighted by Gasteiger charge is -2.35. The standard InChI is InChI=1S/C21H27N3O4/c1-3-4-9-18(25)22-15-10-12-23(13-11-15)19(26)14(2)24-20(27)16-7-5-6-8-17(16)21(24)28/h5-8,14-15H,3-4,9-13H2,1-2H3,(H,22,25). The van der Waals surface area contributed by atoms with E-state index in [1.54, 1.807) is 36.1 Å². The predicted molar refractivity (Wildman–Crippen MR) is 104 cm³/mol. The van der Waals surface area contributed by atoms with Crippen LogP contribution in [0.3, 0.4) is 0 Å². The molecule has 1 N–H and O–H groups in total. The molecule has 1 unspecified atom stereocenters. The first-order chi connectivity index (χ1) is 13.4. The molecule has 1 saturated heterocycles. The third-order valence-electron chi connectivity index (χ3n) is 5.50. The first-order valence-corrected chi connectivity index (χ1v) is 9.99. The molecule has 2 aliphatic rings. The lowest BCUT2D eigenvalue weighted by atomic mass is 10.0. The van der Waals surface area contributed by atoms with Gasteiger partial charge in [-0.25, -0.2) is 0 Å². The zero-order valence-corrected chi connectivity index (χ0v) is 16.4. The van der Waals surface area contributed by atoms with Gasteiger partial charge < -0.3 is 10.2 Å². The quantitative estimate of drug-likeness (QED) is 0.759. The molecule has 2 aliphatic heterocycles. The topological polar surface area (TPSA) is 86.8 Å². The van der Waals surface area contributed by atoms with Crippen molar-refractivity contribution in [1.29, 1.82) is 0 Å². The van der Waals surface area contributed by atoms with Crippen LogP contribution in [-0.2, 0) is 9.59 Å². The van der Waals surface area contributed by atoms with Crippen molar-refractivity contribution in [1.82, 2.24) is 15.1 Å². The van der Waals surface area contributed by atoms with Gasteiger partial charge >= 0.3 is 0 Å². The lowest BCUT2D eigenvalue weighted by molar-refractivity contribution is -0.136. The number of likely N-dealkylation sites (tertiary alicyclic amines) is 1. The second-order valence-corrected chi connectivity index (χ2v) is 7.47. The molecule has 2 heterocycles. The summed E-state index contributed by atoms with van der Waals surface area (Å²) in [5, 5.41) is 3.03. The molecule has 4 amide bonds. The maximum atomic E-state index is 12.9. The highest BCUT2D eigenvalue weighted by Gasteiger charge is 2.42. The van der Waals surface area contributed by atoms with Crippen molar-refractivity contribution in [2.24, 2.45) is 0 Å². The predicted octanol–water partition coefficient (Wildman–Crippen LogP) is 1.97. The largest absolute Gasteiger partial charge is 0.353 e. The van der Waals surface area contributed by atoms with Crippen LogP contribution < -0.4 is 5.32 Å². The lowest BCUT2D eigenvalue weighted by Crippen LogP contribution is -2.53. The first-order valence-electron chi connectivity index (χ1n) is 9.99. The highest BCUT2D eigenvalue weighted by Crippen LogP contribution is 2.25. The van der Waals surface area contributed by atoms with Gasteiger partial charge in [-0.3, -0.25) is 24.1 Å². The molecule has 0 saturated carbocycles. The Morgan fingerprint density at radius 2 is 1.68 bits per heavy atom. The van der Waals surface area contributed by atoms with Gasteiger partial charge in [0.25, 0.3) is 11.8 Å². The van der Waals surface area contributed by atoms with Gasteiger partial charge in [-0.05, 0) is 38.3 Å². The number of rotatable bonds is 6. The monoisotopic (exact) mass is 385 g/mol. The highest BCUT2D eigenvalue weighted by atomic mass is 16.2. The maximum Gasteiger partial charge on any atom is 0.262 e. The van der Waals surface area contributed by atoms with Gasteiger partial charge in [0, 0.05) is 25.6 Å². The van der Waals surface area contributed by atoms with Gasteiger partial charge in [-0.2, -0.15) is 0 Å². The molecule has 0 aliphatic carbocycles. The van der Waals surface area contributed by atoms with Crippen LogP contribution in [0.1, 0.15) is 66.7 Å². The minimum atomic E-state index is -0.844. The van der Waals surface area contributed by atoms with E-state index in [2.05, 4.69) is 5.32 Å². The average Bonchev–Trinajstić information content (AvgIpc) is 2.96. The van der Waals surface area contributed by atoms with E-state index in [-0.39, 0.29) is 17.9 Å². The number of fused-ring (bicyclic) bond motifs is 1. The number of piperidine rings is 1. The number of amides is 4. The Bertz CT molecular complexity index is 749. The van der Waals surface area contributed by atoms with Gasteiger partial charge in [0.1, 0.15) is 6.04 Å². The van der Waals surface area contributed by atoms with E-state index in [1.165, 1.54) is 0 Å². The SMILES string of the molecule is CCCCC(=O)NC1CCN(C(=O)C(C)N2C(=O)c3ccccc3C2=O)CC1. The van der Waals surface area contributed by atoms with Crippen molar-refractivity contribution in [2.75, 3.05) is 13.1 Å². The van der Waals surface area contributed by atoms with Crippen molar-refractivity contribution in [3.8, 4) is 0 Å². The fourth-order valence-electron chi connectivity index (χ4n) is 3.82. The van der Waals surface area contributed by atoms with Crippen molar-refractivity contribution in [2.45, 2.75) is 58.0 Å². The fourth-order valence-corrected chi connectivity index (χ4v) is 3.82. The minimum Gasteiger partial charge on any atom is -0.353 e. The number of hydrogen-bond acceptors (Lipinski definition) is 4. The van der Waals surface area contributed by atoms with Crippen LogP contribution in [0.2, 0.25) is 0 Å². The summed E-state index contributed by atoms with van der Waals surface area (Å²) in [6.45, 7) is 4.66. The van der Waals surface area contributed by atoms with Crippen LogP contribution in [-0.4, -0.2) is 58.6 Å². The summed E-state index contributed by atoms with van der Waals surface area (Å²) in [5.74, 6) is -1.00. The number of imide groups is 1. The Morgan fingerprint density at radius 3 is 2.21 bits per heavy atom. The van der Waals surface area contributed by atoms with Gasteiger partial charge in [0.2, 0.25) is 11.8 Å². The number of benzene rings is 1. The van der Waals surface area contributed by atoms with E-state index in [4.69, 9.17) is 0 Å². The molecule has 7 nitrogen and oxygen atoms in total. The highest BCUT2D eigenvalue weighted by molar-refractivity contribution is 6.22. The molecule has 1 atom stereocenters. The molecule has 150 valence electrons. The van der Waals surface area contributed by atoms with Gasteiger partial charge in [0.15, 0.2) is 0 Å². The summed E-state index contributed by atoms with van der Waals surface area (Å²) < 4.78 is 0. The Morgan fingerprint density at radius 1 is 1.11 bits per heavy atom. The average molecular weight is 385 g/mol. The minimum absolute atomic E-state index is 0.0611. The number of hydrogen-bond donors (Lipinski definition) is 1. The van der Waals surface area contributed by atoms with Crippen LogP contribution >= 0.6 is 0 Å². The molecule has 28 heavy (non-hydrogen) atoms. The Labute approximate surface area is 165 Å². The van der Waals surface area contributed by atoms with Crippen LogP contribution in [0, 0.1) is 0 Å². The zero-order chi connectivity index (χ0) is 20.3. The summed E-state index contributed by atoms with van der Waals surface area (Å²) in [5.41, 5.74) is 0.696. The fraction of sp³-hybridized carbons (Fsp3) is 0.524. The molecular weight excluding hydrogens is 358 g/mol. The maximum absolute atomic E-state index is 12.9. The van der Waals surface area contributed by atoms with E-state index in [0.29, 0.717) is 43.5 Å². The van der Waals surface area contributed by atoms with Gasteiger partial charge in [-0.15, -0.1) is 0 Å². The third-order valence-corrected chi connectivity index (χ3v) is 5.50. The molecule has 0 radical (unpaired) electrons. The summed E-state index contributed by atoms with van der Waals surface area (Å²) >= 11 is 0. The van der Waals surface area contributed by atoms with Crippen molar-refractivity contribution >= 4 is 23.6 Å². The second kappa shape index (κ2) is 8.54. The number of carbonyl (C=O) groups excluding carboxylic acids is 4. The van der Waals surface area contributed by atoms with Crippen LogP contribution in [0.15, 0.2) is 24.3 Å². The molecule has 0 spiro atoms. The van der Waals surface area contributed by atoms with Gasteiger partial charge in [0.05, 0.1) is 11.1 Å². The molecule has 0 bridgehead atoms. The van der Waals surface area contributed by atoms with Crippen LogP contribution in [0.4, 0.5) is 0 Å². The summed E-state index contributed by atoms with van der Waals surface area (Å²) in [6.07, 6.45) is 3.75. The van der Waals surface area contributed by atoms with Crippen LogP contribution in [0.5, 0.6) is 0 Å². The van der Waals surface area contributed by atoms with Crippen molar-refractivity contribution in [3.05, 3.63) is 35.4 Å². The Kier molecular flexibility index (Phi) is 6.11. The van der Waals surface area contributed by atoms with E-state index < -0.39 is 17.9 Å². The van der Waals surface area contributed by atoms with Gasteiger partial charge in [-0.1, -0.05) is 25.5 Å². The van der Waals surface area contributed by atoms with Crippen molar-refractivity contribution < 1.29 is 19.2 Å². The van der Waals surface area contributed by atoms with E-state index >= 15 is 0 Å². The molecular formula is C21H27N3O4. The van der Waals surface area contributed by atoms with E-state index in [0.717, 1.165) is 17.7 Å². The van der Waals surface area contributed by atoms with E-state index in [1.807, 2.05) is 6.92 Å². The third kappa shape index (κ3) is 3.93. The Hall–Kier alpha value is -2.70. The molecule has 3 rings (SSSR count). The number of carbonyl (C=O) groups is 4. The molecule has 1 aromatic rings. The van der Waals surface area contributed by atoms with Crippen LogP contribution in [0.25, 0.3) is 0 Å².